The molecule has 1 aliphatic rings. The lowest BCUT2D eigenvalue weighted by Crippen LogP contribution is -2.45. The molecular formula is C17H17N5OS. The average Bonchev–Trinajstić information content (AvgIpc) is 3.12. The van der Waals surface area contributed by atoms with E-state index in [4.69, 9.17) is 0 Å². The van der Waals surface area contributed by atoms with Crippen molar-refractivity contribution in [1.29, 1.82) is 0 Å². The van der Waals surface area contributed by atoms with Crippen LogP contribution in [0.25, 0.3) is 10.2 Å². The van der Waals surface area contributed by atoms with Crippen LogP contribution in [0.3, 0.4) is 0 Å². The van der Waals surface area contributed by atoms with Crippen LogP contribution < -0.4 is 10.2 Å². The van der Waals surface area contributed by atoms with Gasteiger partial charge in [0.1, 0.15) is 22.7 Å². The van der Waals surface area contributed by atoms with E-state index in [0.29, 0.717) is 5.69 Å². The van der Waals surface area contributed by atoms with E-state index in [1.165, 1.54) is 0 Å². The summed E-state index contributed by atoms with van der Waals surface area (Å²) in [6, 6.07) is 7.62. The van der Waals surface area contributed by atoms with Crippen LogP contribution in [0.2, 0.25) is 0 Å². The Labute approximate surface area is 143 Å². The molecule has 0 aromatic carbocycles. The molecule has 1 amide bonds. The SMILES string of the molecule is O=C(NC1CCN(c2ncnc3sccc23)CC1)c1ccccn1. The number of aromatic nitrogens is 3. The number of hydrogen-bond acceptors (Lipinski definition) is 6. The lowest BCUT2D eigenvalue weighted by Gasteiger charge is -2.33. The lowest BCUT2D eigenvalue weighted by atomic mass is 10.0. The number of nitrogens with one attached hydrogen (secondary N) is 1. The Morgan fingerprint density at radius 3 is 2.83 bits per heavy atom. The summed E-state index contributed by atoms with van der Waals surface area (Å²) < 4.78 is 0. The molecule has 122 valence electrons. The Hall–Kier alpha value is -2.54. The molecule has 1 aliphatic heterocycles. The maximum atomic E-state index is 12.2. The average molecular weight is 339 g/mol. The largest absolute Gasteiger partial charge is 0.356 e. The molecule has 3 aromatic heterocycles. The fourth-order valence-corrected chi connectivity index (χ4v) is 3.75. The van der Waals surface area contributed by atoms with Gasteiger partial charge in [0.05, 0.1) is 5.39 Å². The zero-order valence-corrected chi connectivity index (χ0v) is 13.9. The maximum Gasteiger partial charge on any atom is 0.270 e. The fourth-order valence-electron chi connectivity index (χ4n) is 3.02. The molecule has 0 saturated carbocycles. The third kappa shape index (κ3) is 2.94. The van der Waals surface area contributed by atoms with E-state index in [1.54, 1.807) is 29.9 Å². The number of piperidine rings is 1. The highest BCUT2D eigenvalue weighted by molar-refractivity contribution is 7.16. The molecule has 0 spiro atoms. The molecule has 0 unspecified atom stereocenters. The minimum atomic E-state index is -0.101. The number of amides is 1. The number of hydrogen-bond donors (Lipinski definition) is 1. The van der Waals surface area contributed by atoms with Gasteiger partial charge in [-0.05, 0) is 36.4 Å². The van der Waals surface area contributed by atoms with Gasteiger partial charge in [0.15, 0.2) is 0 Å². The first kappa shape index (κ1) is 15.0. The van der Waals surface area contributed by atoms with E-state index in [2.05, 4.69) is 31.2 Å². The maximum absolute atomic E-state index is 12.2. The molecule has 0 atom stereocenters. The molecule has 1 fully saturated rings. The van der Waals surface area contributed by atoms with E-state index in [1.807, 2.05) is 17.5 Å². The quantitative estimate of drug-likeness (QED) is 0.794. The molecule has 7 heteroatoms. The third-order valence-corrected chi connectivity index (χ3v) is 5.09. The van der Waals surface area contributed by atoms with Crippen LogP contribution in [0.15, 0.2) is 42.2 Å². The van der Waals surface area contributed by atoms with Crippen LogP contribution in [-0.2, 0) is 0 Å². The van der Waals surface area contributed by atoms with Crippen LogP contribution in [0.4, 0.5) is 5.82 Å². The van der Waals surface area contributed by atoms with Crippen molar-refractivity contribution in [2.24, 2.45) is 0 Å². The van der Waals surface area contributed by atoms with Gasteiger partial charge in [0, 0.05) is 25.3 Å². The van der Waals surface area contributed by atoms with E-state index in [0.717, 1.165) is 42.0 Å². The van der Waals surface area contributed by atoms with Gasteiger partial charge in [-0.25, -0.2) is 9.97 Å². The Kier molecular flexibility index (Phi) is 4.08. The summed E-state index contributed by atoms with van der Waals surface area (Å²) in [5.74, 6) is 0.895. The van der Waals surface area contributed by atoms with Gasteiger partial charge in [-0.2, -0.15) is 0 Å². The predicted octanol–water partition coefficient (Wildman–Crippen LogP) is 2.49. The van der Waals surface area contributed by atoms with Gasteiger partial charge in [-0.1, -0.05) is 6.07 Å². The van der Waals surface area contributed by atoms with Crippen molar-refractivity contribution in [3.63, 3.8) is 0 Å². The third-order valence-electron chi connectivity index (χ3n) is 4.27. The summed E-state index contributed by atoms with van der Waals surface area (Å²) in [4.78, 5) is 28.4. The first-order chi connectivity index (χ1) is 11.8. The standard InChI is InChI=1S/C17H17N5OS/c23-16(14-3-1-2-7-18-14)21-12-4-8-22(9-5-12)15-13-6-10-24-17(13)20-11-19-15/h1-3,6-7,10-12H,4-5,8-9H2,(H,21,23). The molecule has 6 nitrogen and oxygen atoms in total. The summed E-state index contributed by atoms with van der Waals surface area (Å²) in [6.45, 7) is 1.74. The number of pyridine rings is 1. The number of anilines is 1. The minimum absolute atomic E-state index is 0.101. The zero-order valence-electron chi connectivity index (χ0n) is 13.1. The van der Waals surface area contributed by atoms with Crippen LogP contribution in [0, 0.1) is 0 Å². The van der Waals surface area contributed by atoms with Gasteiger partial charge in [-0.3, -0.25) is 9.78 Å². The van der Waals surface area contributed by atoms with Crippen LogP contribution >= 0.6 is 11.3 Å². The highest BCUT2D eigenvalue weighted by atomic mass is 32.1. The predicted molar refractivity (Wildman–Crippen MR) is 94.4 cm³/mol. The topological polar surface area (TPSA) is 71.0 Å². The fraction of sp³-hybridized carbons (Fsp3) is 0.294. The normalized spacial score (nSPS) is 15.6. The van der Waals surface area contributed by atoms with Gasteiger partial charge < -0.3 is 10.2 Å². The number of thiophene rings is 1. The highest BCUT2D eigenvalue weighted by Gasteiger charge is 2.23. The second kappa shape index (κ2) is 6.52. The first-order valence-corrected chi connectivity index (χ1v) is 8.84. The first-order valence-electron chi connectivity index (χ1n) is 7.96. The Morgan fingerprint density at radius 1 is 1.17 bits per heavy atom. The monoisotopic (exact) mass is 339 g/mol. The van der Waals surface area contributed by atoms with Crippen molar-refractivity contribution in [3.05, 3.63) is 47.9 Å². The number of nitrogens with zero attached hydrogens (tertiary/aromatic N) is 4. The molecule has 0 radical (unpaired) electrons. The molecule has 4 rings (SSSR count). The van der Waals surface area contributed by atoms with E-state index in [-0.39, 0.29) is 11.9 Å². The van der Waals surface area contributed by atoms with Crippen molar-refractivity contribution in [3.8, 4) is 0 Å². The molecular weight excluding hydrogens is 322 g/mol. The molecule has 0 bridgehead atoms. The number of carbonyl (C=O) groups excluding carboxylic acids is 1. The van der Waals surface area contributed by atoms with Crippen molar-refractivity contribution in [2.75, 3.05) is 18.0 Å². The number of carbonyl (C=O) groups is 1. The lowest BCUT2D eigenvalue weighted by molar-refractivity contribution is 0.0926. The van der Waals surface area contributed by atoms with Gasteiger partial charge in [0.25, 0.3) is 5.91 Å². The van der Waals surface area contributed by atoms with E-state index < -0.39 is 0 Å². The van der Waals surface area contributed by atoms with E-state index in [9.17, 15) is 4.79 Å². The summed E-state index contributed by atoms with van der Waals surface area (Å²) >= 11 is 1.63. The van der Waals surface area contributed by atoms with Gasteiger partial charge >= 0.3 is 0 Å². The summed E-state index contributed by atoms with van der Waals surface area (Å²) in [5.41, 5.74) is 0.468. The highest BCUT2D eigenvalue weighted by Crippen LogP contribution is 2.28. The smallest absolute Gasteiger partial charge is 0.270 e. The molecule has 1 N–H and O–H groups in total. The summed E-state index contributed by atoms with van der Waals surface area (Å²) in [5, 5.41) is 6.23. The zero-order chi connectivity index (χ0) is 16.4. The molecule has 24 heavy (non-hydrogen) atoms. The number of fused-ring (bicyclic) bond motifs is 1. The number of rotatable bonds is 3. The molecule has 1 saturated heterocycles. The molecule has 3 aromatic rings. The summed E-state index contributed by atoms with van der Waals surface area (Å²) in [6.07, 6.45) is 5.06. The molecule has 4 heterocycles. The summed E-state index contributed by atoms with van der Waals surface area (Å²) in [7, 11) is 0. The Bertz CT molecular complexity index is 842. The Balaban J connectivity index is 1.40. The van der Waals surface area contributed by atoms with Crippen LogP contribution in [0.1, 0.15) is 23.3 Å². The van der Waals surface area contributed by atoms with Crippen LogP contribution in [0.5, 0.6) is 0 Å². The van der Waals surface area contributed by atoms with Crippen molar-refractivity contribution in [2.45, 2.75) is 18.9 Å². The minimum Gasteiger partial charge on any atom is -0.356 e. The van der Waals surface area contributed by atoms with Crippen molar-refractivity contribution in [1.82, 2.24) is 20.3 Å². The second-order valence-electron chi connectivity index (χ2n) is 5.79. The van der Waals surface area contributed by atoms with Crippen molar-refractivity contribution < 1.29 is 4.79 Å². The van der Waals surface area contributed by atoms with E-state index >= 15 is 0 Å². The van der Waals surface area contributed by atoms with Crippen molar-refractivity contribution >= 4 is 33.3 Å². The Morgan fingerprint density at radius 2 is 2.04 bits per heavy atom. The van der Waals surface area contributed by atoms with Crippen LogP contribution in [-0.4, -0.2) is 40.0 Å². The van der Waals surface area contributed by atoms with Gasteiger partial charge in [0.2, 0.25) is 0 Å². The second-order valence-corrected chi connectivity index (χ2v) is 6.68. The van der Waals surface area contributed by atoms with Gasteiger partial charge in [-0.15, -0.1) is 11.3 Å². The molecule has 0 aliphatic carbocycles.